The van der Waals surface area contributed by atoms with Gasteiger partial charge in [-0.2, -0.15) is 18.4 Å². The van der Waals surface area contributed by atoms with Crippen LogP contribution in [-0.2, 0) is 6.18 Å². The minimum atomic E-state index is -4.52. The Labute approximate surface area is 116 Å². The van der Waals surface area contributed by atoms with Crippen LogP contribution in [0.1, 0.15) is 11.3 Å². The Bertz CT molecular complexity index is 682. The number of hydrogen-bond donors (Lipinski definition) is 0. The predicted molar refractivity (Wildman–Crippen MR) is 63.3 cm³/mol. The lowest BCUT2D eigenvalue weighted by atomic mass is 10.2. The molecule has 1 aromatic heterocycles. The third-order valence-electron chi connectivity index (χ3n) is 2.24. The Morgan fingerprint density at radius 2 is 1.90 bits per heavy atom. The summed E-state index contributed by atoms with van der Waals surface area (Å²) in [7, 11) is 0. The smallest absolute Gasteiger partial charge is 0.416 e. The largest absolute Gasteiger partial charge is 0.435 e. The summed E-state index contributed by atoms with van der Waals surface area (Å²) >= 11 is 5.77. The van der Waals surface area contributed by atoms with Crippen molar-refractivity contribution in [3.63, 3.8) is 0 Å². The van der Waals surface area contributed by atoms with Crippen LogP contribution in [0.15, 0.2) is 30.6 Å². The molecule has 20 heavy (non-hydrogen) atoms. The number of nitriles is 1. The molecule has 0 unspecified atom stereocenters. The first-order valence-electron chi connectivity index (χ1n) is 5.17. The van der Waals surface area contributed by atoms with Gasteiger partial charge in [0.1, 0.15) is 11.8 Å². The van der Waals surface area contributed by atoms with Gasteiger partial charge in [-0.15, -0.1) is 0 Å². The Balaban J connectivity index is 2.41. The molecule has 0 saturated carbocycles. The van der Waals surface area contributed by atoms with Crippen LogP contribution in [0.2, 0.25) is 5.02 Å². The molecule has 0 fully saturated rings. The molecule has 0 bridgehead atoms. The summed E-state index contributed by atoms with van der Waals surface area (Å²) in [5, 5.41) is 8.77. The molecule has 2 rings (SSSR count). The lowest BCUT2D eigenvalue weighted by molar-refractivity contribution is -0.137. The van der Waals surface area contributed by atoms with Crippen molar-refractivity contribution in [3.8, 4) is 17.7 Å². The van der Waals surface area contributed by atoms with Crippen LogP contribution in [0, 0.1) is 11.3 Å². The highest BCUT2D eigenvalue weighted by atomic mass is 35.5. The van der Waals surface area contributed by atoms with Crippen LogP contribution in [0.25, 0.3) is 0 Å². The maximum absolute atomic E-state index is 12.6. The van der Waals surface area contributed by atoms with Gasteiger partial charge < -0.3 is 4.74 Å². The number of rotatable bonds is 2. The first kappa shape index (κ1) is 14.1. The molecule has 8 heteroatoms. The fourth-order valence-corrected chi connectivity index (χ4v) is 1.49. The van der Waals surface area contributed by atoms with E-state index in [2.05, 4.69) is 9.97 Å². The van der Waals surface area contributed by atoms with E-state index in [0.29, 0.717) is 0 Å². The van der Waals surface area contributed by atoms with Crippen molar-refractivity contribution in [2.24, 2.45) is 0 Å². The number of nitrogens with zero attached hydrogens (tertiary/aromatic N) is 3. The maximum atomic E-state index is 12.6. The fourth-order valence-electron chi connectivity index (χ4n) is 1.34. The van der Waals surface area contributed by atoms with Crippen molar-refractivity contribution in [3.05, 3.63) is 46.9 Å². The molecule has 0 saturated heterocycles. The normalized spacial score (nSPS) is 10.9. The molecule has 1 aromatic carbocycles. The van der Waals surface area contributed by atoms with Crippen molar-refractivity contribution < 1.29 is 17.9 Å². The van der Waals surface area contributed by atoms with Gasteiger partial charge in [-0.1, -0.05) is 11.6 Å². The summed E-state index contributed by atoms with van der Waals surface area (Å²) in [5.74, 6) is -0.463. The van der Waals surface area contributed by atoms with Crippen molar-refractivity contribution in [1.29, 1.82) is 5.26 Å². The average molecular weight is 300 g/mol. The molecule has 0 amide bonds. The molecular weight excluding hydrogens is 295 g/mol. The minimum Gasteiger partial charge on any atom is -0.435 e. The molecule has 1 heterocycles. The molecule has 102 valence electrons. The third-order valence-corrected chi connectivity index (χ3v) is 2.55. The molecule has 0 N–H and O–H groups in total. The van der Waals surface area contributed by atoms with E-state index in [1.807, 2.05) is 0 Å². The number of hydrogen-bond acceptors (Lipinski definition) is 4. The average Bonchev–Trinajstić information content (AvgIpc) is 2.40. The fraction of sp³-hybridized carbons (Fsp3) is 0.0833. The van der Waals surface area contributed by atoms with E-state index >= 15 is 0 Å². The lowest BCUT2D eigenvalue weighted by Gasteiger charge is -2.11. The Hall–Kier alpha value is -2.33. The number of alkyl halides is 3. The van der Waals surface area contributed by atoms with Crippen molar-refractivity contribution >= 4 is 11.6 Å². The van der Waals surface area contributed by atoms with Crippen LogP contribution in [-0.4, -0.2) is 9.97 Å². The van der Waals surface area contributed by atoms with Crippen molar-refractivity contribution in [1.82, 2.24) is 9.97 Å². The second-order valence-electron chi connectivity index (χ2n) is 3.57. The first-order valence-corrected chi connectivity index (χ1v) is 5.55. The summed E-state index contributed by atoms with van der Waals surface area (Å²) in [5.41, 5.74) is -1.07. The first-order chi connectivity index (χ1) is 9.41. The van der Waals surface area contributed by atoms with E-state index in [0.717, 1.165) is 18.2 Å². The van der Waals surface area contributed by atoms with Gasteiger partial charge in [0.05, 0.1) is 10.6 Å². The van der Waals surface area contributed by atoms with Gasteiger partial charge in [0.25, 0.3) is 5.88 Å². The molecule has 0 aliphatic heterocycles. The molecule has 0 aliphatic carbocycles. The summed E-state index contributed by atoms with van der Waals surface area (Å²) in [6.07, 6.45) is -2.01. The third kappa shape index (κ3) is 2.97. The number of ether oxygens (including phenoxy) is 1. The minimum absolute atomic E-state index is 0.0347. The molecule has 0 radical (unpaired) electrons. The van der Waals surface area contributed by atoms with E-state index < -0.39 is 11.7 Å². The Morgan fingerprint density at radius 1 is 1.20 bits per heavy atom. The van der Waals surface area contributed by atoms with Gasteiger partial charge in [-0.3, -0.25) is 0 Å². The highest BCUT2D eigenvalue weighted by Gasteiger charge is 2.31. The lowest BCUT2D eigenvalue weighted by Crippen LogP contribution is -2.05. The van der Waals surface area contributed by atoms with Gasteiger partial charge in [-0.05, 0) is 18.2 Å². The van der Waals surface area contributed by atoms with E-state index in [4.69, 9.17) is 21.6 Å². The van der Waals surface area contributed by atoms with E-state index in [1.165, 1.54) is 12.4 Å². The van der Waals surface area contributed by atoms with E-state index in [9.17, 15) is 13.2 Å². The second kappa shape index (κ2) is 5.35. The summed E-state index contributed by atoms with van der Waals surface area (Å²) in [6.45, 7) is 0. The van der Waals surface area contributed by atoms with Gasteiger partial charge in [0.15, 0.2) is 0 Å². The maximum Gasteiger partial charge on any atom is 0.416 e. The topological polar surface area (TPSA) is 58.8 Å². The zero-order chi connectivity index (χ0) is 14.8. The summed E-state index contributed by atoms with van der Waals surface area (Å²) < 4.78 is 43.0. The molecular formula is C12H5ClF3N3O. The van der Waals surface area contributed by atoms with Gasteiger partial charge >= 0.3 is 6.18 Å². The quantitative estimate of drug-likeness (QED) is 0.846. The molecule has 0 atom stereocenters. The Kier molecular flexibility index (Phi) is 3.77. The zero-order valence-electron chi connectivity index (χ0n) is 9.65. The summed E-state index contributed by atoms with van der Waals surface area (Å²) in [4.78, 5) is 7.41. The van der Waals surface area contributed by atoms with Crippen LogP contribution in [0.5, 0.6) is 11.6 Å². The predicted octanol–water partition coefficient (Wildman–Crippen LogP) is 3.81. The van der Waals surface area contributed by atoms with Crippen LogP contribution in [0.3, 0.4) is 0 Å². The van der Waals surface area contributed by atoms with Crippen LogP contribution < -0.4 is 4.74 Å². The summed E-state index contributed by atoms with van der Waals surface area (Å²) in [6, 6.07) is 4.34. The zero-order valence-corrected chi connectivity index (χ0v) is 10.4. The van der Waals surface area contributed by atoms with Crippen LogP contribution in [0.4, 0.5) is 13.2 Å². The number of benzene rings is 1. The van der Waals surface area contributed by atoms with Gasteiger partial charge in [-0.25, -0.2) is 9.97 Å². The van der Waals surface area contributed by atoms with Crippen molar-refractivity contribution in [2.45, 2.75) is 6.18 Å². The highest BCUT2D eigenvalue weighted by Crippen LogP contribution is 2.36. The highest BCUT2D eigenvalue weighted by molar-refractivity contribution is 6.32. The van der Waals surface area contributed by atoms with Crippen LogP contribution >= 0.6 is 11.6 Å². The standard InChI is InChI=1S/C12H5ClF3N3O/c13-8-2-1-7(12(14,15)16)5-10(8)20-11-9(6-17)18-3-4-19-11/h1-5H. The molecule has 0 aliphatic rings. The van der Waals surface area contributed by atoms with E-state index in [1.54, 1.807) is 6.07 Å². The molecule has 0 spiro atoms. The SMILES string of the molecule is N#Cc1nccnc1Oc1cc(C(F)(F)F)ccc1Cl. The monoisotopic (exact) mass is 299 g/mol. The van der Waals surface area contributed by atoms with Crippen molar-refractivity contribution in [2.75, 3.05) is 0 Å². The van der Waals surface area contributed by atoms with Gasteiger partial charge in [0, 0.05) is 12.4 Å². The Morgan fingerprint density at radius 3 is 2.55 bits per heavy atom. The molecule has 4 nitrogen and oxygen atoms in total. The second-order valence-corrected chi connectivity index (χ2v) is 3.97. The van der Waals surface area contributed by atoms with E-state index in [-0.39, 0.29) is 22.3 Å². The van der Waals surface area contributed by atoms with Gasteiger partial charge in [0.2, 0.25) is 5.69 Å². The number of halogens is 4. The molecule has 2 aromatic rings. The number of aromatic nitrogens is 2.